The highest BCUT2D eigenvalue weighted by molar-refractivity contribution is 5.80. The second-order valence-corrected chi connectivity index (χ2v) is 7.29. The smallest absolute Gasteiger partial charge is 0.355 e. The molecule has 0 aliphatic rings. The molecule has 1 aromatic heterocycles. The second-order valence-electron chi connectivity index (χ2n) is 7.29. The third-order valence-electron chi connectivity index (χ3n) is 4.34. The molecule has 0 saturated heterocycles. The van der Waals surface area contributed by atoms with Crippen molar-refractivity contribution >= 4 is 5.96 Å². The molecule has 0 radical (unpaired) electrons. The first-order chi connectivity index (χ1) is 13.7. The Kier molecular flexibility index (Phi) is 8.04. The van der Waals surface area contributed by atoms with Gasteiger partial charge in [0, 0.05) is 26.1 Å². The SMILES string of the molecule is CCc1nncn1CCNC(=NCC(C)C)NC(C)c1cccc(C(F)(F)F)c1. The lowest BCUT2D eigenvalue weighted by atomic mass is 10.1. The van der Waals surface area contributed by atoms with Gasteiger partial charge in [0.1, 0.15) is 12.2 Å². The summed E-state index contributed by atoms with van der Waals surface area (Å²) in [6.07, 6.45) is -1.89. The largest absolute Gasteiger partial charge is 0.416 e. The number of nitrogens with zero attached hydrogens (tertiary/aromatic N) is 4. The molecule has 1 unspecified atom stereocenters. The lowest BCUT2D eigenvalue weighted by Crippen LogP contribution is -2.40. The Morgan fingerprint density at radius 2 is 2.00 bits per heavy atom. The summed E-state index contributed by atoms with van der Waals surface area (Å²) in [4.78, 5) is 4.55. The zero-order chi connectivity index (χ0) is 21.4. The van der Waals surface area contributed by atoms with Crippen molar-refractivity contribution in [3.63, 3.8) is 0 Å². The van der Waals surface area contributed by atoms with Crippen LogP contribution in [0.1, 0.15) is 50.7 Å². The zero-order valence-corrected chi connectivity index (χ0v) is 17.3. The Labute approximate surface area is 169 Å². The molecule has 9 heteroatoms. The van der Waals surface area contributed by atoms with E-state index in [-0.39, 0.29) is 6.04 Å². The van der Waals surface area contributed by atoms with Crippen molar-refractivity contribution < 1.29 is 13.2 Å². The minimum absolute atomic E-state index is 0.336. The summed E-state index contributed by atoms with van der Waals surface area (Å²) in [5.41, 5.74) is -0.108. The summed E-state index contributed by atoms with van der Waals surface area (Å²) in [5, 5.41) is 14.4. The van der Waals surface area contributed by atoms with Crippen LogP contribution >= 0.6 is 0 Å². The summed E-state index contributed by atoms with van der Waals surface area (Å²) in [6, 6.07) is 5.01. The van der Waals surface area contributed by atoms with Gasteiger partial charge in [-0.05, 0) is 30.5 Å². The predicted molar refractivity (Wildman–Crippen MR) is 108 cm³/mol. The number of nitrogens with one attached hydrogen (secondary N) is 2. The number of hydrogen-bond acceptors (Lipinski definition) is 3. The number of hydrogen-bond donors (Lipinski definition) is 2. The Morgan fingerprint density at radius 3 is 2.66 bits per heavy atom. The first-order valence-corrected chi connectivity index (χ1v) is 9.79. The quantitative estimate of drug-likeness (QED) is 0.513. The van der Waals surface area contributed by atoms with Crippen LogP contribution in [0.5, 0.6) is 0 Å². The van der Waals surface area contributed by atoms with Crippen LogP contribution in [0.2, 0.25) is 0 Å². The van der Waals surface area contributed by atoms with Crippen LogP contribution in [-0.4, -0.2) is 33.8 Å². The summed E-state index contributed by atoms with van der Waals surface area (Å²) in [6.45, 7) is 9.81. The third-order valence-corrected chi connectivity index (χ3v) is 4.34. The standard InChI is InChI=1S/C20H29F3N6/c1-5-18-28-26-13-29(18)10-9-24-19(25-12-14(2)3)27-15(4)16-7-6-8-17(11-16)20(21,22)23/h6-8,11,13-15H,5,9-10,12H2,1-4H3,(H2,24,25,27). The fourth-order valence-corrected chi connectivity index (χ4v) is 2.73. The van der Waals surface area contributed by atoms with E-state index in [2.05, 4.69) is 39.7 Å². The molecule has 29 heavy (non-hydrogen) atoms. The van der Waals surface area contributed by atoms with Gasteiger partial charge in [-0.3, -0.25) is 4.99 Å². The highest BCUT2D eigenvalue weighted by atomic mass is 19.4. The molecular formula is C20H29F3N6. The second kappa shape index (κ2) is 10.3. The molecule has 1 atom stereocenters. The monoisotopic (exact) mass is 410 g/mol. The average molecular weight is 410 g/mol. The van der Waals surface area contributed by atoms with Crippen molar-refractivity contribution in [1.82, 2.24) is 25.4 Å². The summed E-state index contributed by atoms with van der Waals surface area (Å²) in [7, 11) is 0. The number of rotatable bonds is 8. The Morgan fingerprint density at radius 1 is 1.24 bits per heavy atom. The molecular weight excluding hydrogens is 381 g/mol. The van der Waals surface area contributed by atoms with Crippen molar-refractivity contribution in [3.05, 3.63) is 47.5 Å². The van der Waals surface area contributed by atoms with Gasteiger partial charge in [0.05, 0.1) is 11.6 Å². The lowest BCUT2D eigenvalue weighted by molar-refractivity contribution is -0.137. The maximum absolute atomic E-state index is 13.0. The maximum atomic E-state index is 13.0. The number of aliphatic imine (C=N–C) groups is 1. The lowest BCUT2D eigenvalue weighted by Gasteiger charge is -2.20. The molecule has 0 amide bonds. The number of halogens is 3. The summed E-state index contributed by atoms with van der Waals surface area (Å²) >= 11 is 0. The van der Waals surface area contributed by atoms with Gasteiger partial charge < -0.3 is 15.2 Å². The topological polar surface area (TPSA) is 67.1 Å². The van der Waals surface area contributed by atoms with Crippen LogP contribution in [0.3, 0.4) is 0 Å². The van der Waals surface area contributed by atoms with E-state index in [9.17, 15) is 13.2 Å². The van der Waals surface area contributed by atoms with E-state index in [1.807, 2.05) is 18.4 Å². The molecule has 0 aliphatic heterocycles. The van der Waals surface area contributed by atoms with E-state index in [0.29, 0.717) is 37.1 Å². The first kappa shape index (κ1) is 22.7. The normalized spacial score (nSPS) is 13.6. The summed E-state index contributed by atoms with van der Waals surface area (Å²) in [5.74, 6) is 1.83. The van der Waals surface area contributed by atoms with Crippen molar-refractivity contribution in [1.29, 1.82) is 0 Å². The van der Waals surface area contributed by atoms with Crippen LogP contribution in [0.4, 0.5) is 13.2 Å². The van der Waals surface area contributed by atoms with Crippen LogP contribution in [0.15, 0.2) is 35.6 Å². The molecule has 0 bridgehead atoms. The van der Waals surface area contributed by atoms with Crippen molar-refractivity contribution in [2.45, 2.75) is 52.9 Å². The van der Waals surface area contributed by atoms with E-state index in [1.165, 1.54) is 12.1 Å². The van der Waals surface area contributed by atoms with Crippen LogP contribution in [-0.2, 0) is 19.1 Å². The first-order valence-electron chi connectivity index (χ1n) is 9.79. The number of guanidine groups is 1. The number of aromatic nitrogens is 3. The van der Waals surface area contributed by atoms with Gasteiger partial charge in [0.15, 0.2) is 5.96 Å². The number of benzene rings is 1. The van der Waals surface area contributed by atoms with E-state index in [4.69, 9.17) is 0 Å². The van der Waals surface area contributed by atoms with Gasteiger partial charge >= 0.3 is 6.18 Å². The minimum atomic E-state index is -4.36. The van der Waals surface area contributed by atoms with Gasteiger partial charge in [0.25, 0.3) is 0 Å². The van der Waals surface area contributed by atoms with Gasteiger partial charge in [-0.15, -0.1) is 10.2 Å². The van der Waals surface area contributed by atoms with E-state index >= 15 is 0 Å². The fraction of sp³-hybridized carbons (Fsp3) is 0.550. The Balaban J connectivity index is 2.05. The van der Waals surface area contributed by atoms with E-state index < -0.39 is 11.7 Å². The molecule has 2 rings (SSSR count). The number of aryl methyl sites for hydroxylation is 1. The molecule has 1 heterocycles. The molecule has 0 spiro atoms. The summed E-state index contributed by atoms with van der Waals surface area (Å²) < 4.78 is 41.0. The average Bonchev–Trinajstić information content (AvgIpc) is 3.12. The molecule has 160 valence electrons. The highest BCUT2D eigenvalue weighted by Gasteiger charge is 2.30. The van der Waals surface area contributed by atoms with E-state index in [0.717, 1.165) is 18.3 Å². The Hall–Kier alpha value is -2.58. The van der Waals surface area contributed by atoms with Crippen molar-refractivity contribution in [2.75, 3.05) is 13.1 Å². The molecule has 0 aliphatic carbocycles. The van der Waals surface area contributed by atoms with Gasteiger partial charge in [-0.1, -0.05) is 32.9 Å². The Bertz CT molecular complexity index is 798. The predicted octanol–water partition coefficient (Wildman–Crippen LogP) is 3.81. The van der Waals surface area contributed by atoms with Crippen molar-refractivity contribution in [3.8, 4) is 0 Å². The minimum Gasteiger partial charge on any atom is -0.355 e. The molecule has 0 saturated carbocycles. The van der Waals surface area contributed by atoms with Gasteiger partial charge in [-0.25, -0.2) is 0 Å². The van der Waals surface area contributed by atoms with Crippen molar-refractivity contribution in [2.24, 2.45) is 10.9 Å². The van der Waals surface area contributed by atoms with Gasteiger partial charge in [-0.2, -0.15) is 13.2 Å². The maximum Gasteiger partial charge on any atom is 0.416 e. The van der Waals surface area contributed by atoms with E-state index in [1.54, 1.807) is 12.4 Å². The van der Waals surface area contributed by atoms with Crippen LogP contribution in [0, 0.1) is 5.92 Å². The highest BCUT2D eigenvalue weighted by Crippen LogP contribution is 2.30. The van der Waals surface area contributed by atoms with Crippen LogP contribution in [0.25, 0.3) is 0 Å². The molecule has 2 aromatic rings. The van der Waals surface area contributed by atoms with Crippen LogP contribution < -0.4 is 10.6 Å². The zero-order valence-electron chi connectivity index (χ0n) is 17.3. The third kappa shape index (κ3) is 7.07. The molecule has 2 N–H and O–H groups in total. The molecule has 0 fully saturated rings. The number of alkyl halides is 3. The van der Waals surface area contributed by atoms with Gasteiger partial charge in [0.2, 0.25) is 0 Å². The molecule has 1 aromatic carbocycles. The molecule has 6 nitrogen and oxygen atoms in total. The fourth-order valence-electron chi connectivity index (χ4n) is 2.73.